The Balaban J connectivity index is 1.65. The van der Waals surface area contributed by atoms with Crippen LogP contribution in [0.1, 0.15) is 36.8 Å². The standard InChI is InChI=1S/C16H20N2/c17-11-13-5-7-16(8-6-13)18-10-9-14-3-1-2-4-15(14)12-18/h1-4,13,16H,5-10,12H2. The van der Waals surface area contributed by atoms with Gasteiger partial charge in [0.05, 0.1) is 6.07 Å². The van der Waals surface area contributed by atoms with Gasteiger partial charge in [0.1, 0.15) is 0 Å². The van der Waals surface area contributed by atoms with E-state index >= 15 is 0 Å². The topological polar surface area (TPSA) is 27.0 Å². The van der Waals surface area contributed by atoms with Gasteiger partial charge >= 0.3 is 0 Å². The summed E-state index contributed by atoms with van der Waals surface area (Å²) in [5.74, 6) is 0.318. The smallest absolute Gasteiger partial charge is 0.0655 e. The molecule has 2 aliphatic rings. The van der Waals surface area contributed by atoms with E-state index < -0.39 is 0 Å². The van der Waals surface area contributed by atoms with Crippen molar-refractivity contribution in [2.24, 2.45) is 5.92 Å². The Morgan fingerprint density at radius 3 is 2.50 bits per heavy atom. The summed E-state index contributed by atoms with van der Waals surface area (Å²) >= 11 is 0. The van der Waals surface area contributed by atoms with Crippen LogP contribution < -0.4 is 0 Å². The van der Waals surface area contributed by atoms with Crippen LogP contribution >= 0.6 is 0 Å². The van der Waals surface area contributed by atoms with E-state index in [0.717, 1.165) is 19.4 Å². The molecule has 2 heteroatoms. The van der Waals surface area contributed by atoms with Crippen molar-refractivity contribution in [1.82, 2.24) is 4.90 Å². The zero-order valence-electron chi connectivity index (χ0n) is 10.8. The molecule has 1 aliphatic carbocycles. The van der Waals surface area contributed by atoms with Crippen LogP contribution in [0, 0.1) is 17.2 Å². The van der Waals surface area contributed by atoms with E-state index in [9.17, 15) is 0 Å². The van der Waals surface area contributed by atoms with E-state index in [0.29, 0.717) is 12.0 Å². The van der Waals surface area contributed by atoms with Crippen LogP contribution in [0.25, 0.3) is 0 Å². The molecule has 0 aromatic heterocycles. The van der Waals surface area contributed by atoms with Gasteiger partial charge in [-0.05, 0) is 43.2 Å². The Hall–Kier alpha value is -1.33. The van der Waals surface area contributed by atoms with Crippen LogP contribution in [0.4, 0.5) is 0 Å². The van der Waals surface area contributed by atoms with Crippen molar-refractivity contribution < 1.29 is 0 Å². The third-order valence-corrected chi connectivity index (χ3v) is 4.56. The van der Waals surface area contributed by atoms with Crippen LogP contribution in [0.3, 0.4) is 0 Å². The lowest BCUT2D eigenvalue weighted by atomic mass is 9.85. The Labute approximate surface area is 109 Å². The highest BCUT2D eigenvalue weighted by Crippen LogP contribution is 2.30. The predicted octanol–water partition coefficient (Wildman–Crippen LogP) is 3.13. The molecule has 1 saturated carbocycles. The van der Waals surface area contributed by atoms with Gasteiger partial charge in [0.2, 0.25) is 0 Å². The minimum atomic E-state index is 0.318. The molecule has 3 rings (SSSR count). The van der Waals surface area contributed by atoms with Crippen LogP contribution in [0.2, 0.25) is 0 Å². The molecule has 0 N–H and O–H groups in total. The highest BCUT2D eigenvalue weighted by Gasteiger charge is 2.27. The number of hydrogen-bond donors (Lipinski definition) is 0. The molecule has 0 bridgehead atoms. The molecule has 0 saturated heterocycles. The van der Waals surface area contributed by atoms with Crippen molar-refractivity contribution in [2.45, 2.75) is 44.7 Å². The summed E-state index contributed by atoms with van der Waals surface area (Å²) in [7, 11) is 0. The van der Waals surface area contributed by atoms with Gasteiger partial charge in [-0.15, -0.1) is 0 Å². The minimum absolute atomic E-state index is 0.318. The summed E-state index contributed by atoms with van der Waals surface area (Å²) in [6, 6.07) is 12.0. The molecule has 1 fully saturated rings. The lowest BCUT2D eigenvalue weighted by Gasteiger charge is -2.38. The fourth-order valence-corrected chi connectivity index (χ4v) is 3.40. The van der Waals surface area contributed by atoms with E-state index in [1.54, 1.807) is 0 Å². The zero-order valence-corrected chi connectivity index (χ0v) is 10.8. The molecule has 1 aromatic carbocycles. The van der Waals surface area contributed by atoms with Gasteiger partial charge in [-0.25, -0.2) is 0 Å². The summed E-state index contributed by atoms with van der Waals surface area (Å²) in [4.78, 5) is 2.63. The van der Waals surface area contributed by atoms with Crippen LogP contribution in [-0.4, -0.2) is 17.5 Å². The Bertz CT molecular complexity index is 452. The number of nitriles is 1. The van der Waals surface area contributed by atoms with Crippen LogP contribution in [-0.2, 0) is 13.0 Å². The highest BCUT2D eigenvalue weighted by atomic mass is 15.2. The second-order valence-corrected chi connectivity index (χ2v) is 5.62. The normalized spacial score (nSPS) is 28.4. The van der Waals surface area contributed by atoms with Crippen molar-refractivity contribution in [1.29, 1.82) is 5.26 Å². The SMILES string of the molecule is N#CC1CCC(N2CCc3ccccc3C2)CC1. The van der Waals surface area contributed by atoms with E-state index in [1.165, 1.54) is 36.9 Å². The monoisotopic (exact) mass is 240 g/mol. The van der Waals surface area contributed by atoms with Crippen LogP contribution in [0.5, 0.6) is 0 Å². The molecule has 0 amide bonds. The molecule has 18 heavy (non-hydrogen) atoms. The first-order valence-corrected chi connectivity index (χ1v) is 7.07. The lowest BCUT2D eigenvalue weighted by Crippen LogP contribution is -2.41. The summed E-state index contributed by atoms with van der Waals surface area (Å²) in [5, 5.41) is 8.95. The molecule has 1 heterocycles. The van der Waals surface area contributed by atoms with E-state index in [1.807, 2.05) is 0 Å². The first-order chi connectivity index (χ1) is 8.86. The predicted molar refractivity (Wildman–Crippen MR) is 71.9 cm³/mol. The molecule has 1 aromatic rings. The summed E-state index contributed by atoms with van der Waals surface area (Å²) < 4.78 is 0. The Kier molecular flexibility index (Phi) is 3.34. The molecule has 1 aliphatic heterocycles. The van der Waals surface area contributed by atoms with Crippen molar-refractivity contribution in [3.8, 4) is 6.07 Å². The van der Waals surface area contributed by atoms with Crippen molar-refractivity contribution in [3.63, 3.8) is 0 Å². The van der Waals surface area contributed by atoms with Gasteiger partial charge in [-0.2, -0.15) is 5.26 Å². The second-order valence-electron chi connectivity index (χ2n) is 5.62. The third-order valence-electron chi connectivity index (χ3n) is 4.56. The second kappa shape index (κ2) is 5.12. The molecule has 0 atom stereocenters. The van der Waals surface area contributed by atoms with Crippen molar-refractivity contribution in [3.05, 3.63) is 35.4 Å². The lowest BCUT2D eigenvalue weighted by molar-refractivity contribution is 0.132. The van der Waals surface area contributed by atoms with Crippen molar-refractivity contribution in [2.75, 3.05) is 6.54 Å². The van der Waals surface area contributed by atoms with Gasteiger partial charge in [0, 0.05) is 25.0 Å². The maximum atomic E-state index is 8.95. The first kappa shape index (κ1) is 11.7. The summed E-state index contributed by atoms with van der Waals surface area (Å²) in [6.07, 6.45) is 5.80. The number of rotatable bonds is 1. The molecule has 94 valence electrons. The fourth-order valence-electron chi connectivity index (χ4n) is 3.40. The maximum absolute atomic E-state index is 8.95. The van der Waals surface area contributed by atoms with E-state index in [4.69, 9.17) is 5.26 Å². The minimum Gasteiger partial charge on any atom is -0.296 e. The first-order valence-electron chi connectivity index (χ1n) is 7.07. The largest absolute Gasteiger partial charge is 0.296 e. The van der Waals surface area contributed by atoms with Gasteiger partial charge in [-0.3, -0.25) is 4.90 Å². The van der Waals surface area contributed by atoms with Gasteiger partial charge in [0.25, 0.3) is 0 Å². The van der Waals surface area contributed by atoms with Gasteiger partial charge < -0.3 is 0 Å². The fraction of sp³-hybridized carbons (Fsp3) is 0.562. The maximum Gasteiger partial charge on any atom is 0.0655 e. The molecule has 0 radical (unpaired) electrons. The highest BCUT2D eigenvalue weighted by molar-refractivity contribution is 5.29. The van der Waals surface area contributed by atoms with Gasteiger partial charge in [0.15, 0.2) is 0 Å². The molecular formula is C16H20N2. The van der Waals surface area contributed by atoms with Crippen LogP contribution in [0.15, 0.2) is 24.3 Å². The number of benzene rings is 1. The van der Waals surface area contributed by atoms with E-state index in [2.05, 4.69) is 35.2 Å². The summed E-state index contributed by atoms with van der Waals surface area (Å²) in [6.45, 7) is 2.30. The quantitative estimate of drug-likeness (QED) is 0.754. The molecule has 0 spiro atoms. The molecular weight excluding hydrogens is 220 g/mol. The molecule has 0 unspecified atom stereocenters. The number of hydrogen-bond acceptors (Lipinski definition) is 2. The number of nitrogens with zero attached hydrogens (tertiary/aromatic N) is 2. The Morgan fingerprint density at radius 2 is 1.78 bits per heavy atom. The van der Waals surface area contributed by atoms with Crippen molar-refractivity contribution >= 4 is 0 Å². The third kappa shape index (κ3) is 2.28. The molecule has 2 nitrogen and oxygen atoms in total. The Morgan fingerprint density at radius 1 is 1.06 bits per heavy atom. The summed E-state index contributed by atoms with van der Waals surface area (Å²) in [5.41, 5.74) is 3.03. The average molecular weight is 240 g/mol. The van der Waals surface area contributed by atoms with E-state index in [-0.39, 0.29) is 0 Å². The zero-order chi connectivity index (χ0) is 12.4. The van der Waals surface area contributed by atoms with Gasteiger partial charge in [-0.1, -0.05) is 24.3 Å². The average Bonchev–Trinajstić information content (AvgIpc) is 2.47. The number of fused-ring (bicyclic) bond motifs is 1.